The molecule has 4 aromatic rings. The Kier molecular flexibility index (Phi) is 3.73. The maximum atomic E-state index is 13.6. The number of halogens is 1. The fraction of sp³-hybridized carbons (Fsp3) is 0.0500. The molecule has 0 bridgehead atoms. The van der Waals surface area contributed by atoms with Gasteiger partial charge in [-0.05, 0) is 54.4 Å². The van der Waals surface area contributed by atoms with Gasteiger partial charge in [-0.25, -0.2) is 8.91 Å². The molecule has 128 valence electrons. The van der Waals surface area contributed by atoms with Crippen LogP contribution in [-0.4, -0.2) is 20.5 Å². The topological polar surface area (TPSA) is 73.3 Å². The molecule has 0 radical (unpaired) electrons. The zero-order valence-corrected chi connectivity index (χ0v) is 14.0. The van der Waals surface area contributed by atoms with E-state index in [1.807, 2.05) is 24.3 Å². The lowest BCUT2D eigenvalue weighted by Crippen LogP contribution is -2.10. The lowest BCUT2D eigenvalue weighted by molar-refractivity contribution is 0.100. The van der Waals surface area contributed by atoms with Crippen molar-refractivity contribution in [1.82, 2.24) is 14.6 Å². The molecular weight excluding hydrogens is 331 g/mol. The monoisotopic (exact) mass is 346 g/mol. The van der Waals surface area contributed by atoms with Gasteiger partial charge in [0.25, 0.3) is 5.91 Å². The summed E-state index contributed by atoms with van der Waals surface area (Å²) in [4.78, 5) is 16.1. The first-order valence-electron chi connectivity index (χ1n) is 8.04. The zero-order valence-electron chi connectivity index (χ0n) is 14.0. The van der Waals surface area contributed by atoms with Crippen molar-refractivity contribution in [2.45, 2.75) is 6.92 Å². The normalized spacial score (nSPS) is 11.0. The van der Waals surface area contributed by atoms with E-state index in [0.29, 0.717) is 16.6 Å². The average Bonchev–Trinajstić information content (AvgIpc) is 3.07. The Hall–Kier alpha value is -3.54. The minimum Gasteiger partial charge on any atom is -0.365 e. The summed E-state index contributed by atoms with van der Waals surface area (Å²) in [6.07, 6.45) is 4.92. The quantitative estimate of drug-likeness (QED) is 0.616. The van der Waals surface area contributed by atoms with Crippen LogP contribution in [0.25, 0.3) is 27.9 Å². The second-order valence-electron chi connectivity index (χ2n) is 6.03. The van der Waals surface area contributed by atoms with Gasteiger partial charge in [0.05, 0.1) is 23.0 Å². The van der Waals surface area contributed by atoms with Gasteiger partial charge in [-0.2, -0.15) is 5.10 Å². The lowest BCUT2D eigenvalue weighted by Gasteiger charge is -2.10. The van der Waals surface area contributed by atoms with Crippen LogP contribution >= 0.6 is 0 Å². The first kappa shape index (κ1) is 16.0. The highest BCUT2D eigenvalue weighted by molar-refractivity contribution is 6.00. The highest BCUT2D eigenvalue weighted by Gasteiger charge is 2.14. The molecule has 2 N–H and O–H groups in total. The third-order valence-corrected chi connectivity index (χ3v) is 4.34. The molecule has 1 aromatic carbocycles. The molecule has 3 heterocycles. The number of hydrogen-bond acceptors (Lipinski definition) is 3. The number of carbonyl (C=O) groups excluding carboxylic acids is 1. The van der Waals surface area contributed by atoms with E-state index in [-0.39, 0.29) is 5.82 Å². The van der Waals surface area contributed by atoms with Gasteiger partial charge in [-0.1, -0.05) is 6.07 Å². The molecule has 0 aliphatic rings. The Morgan fingerprint density at radius 2 is 2.00 bits per heavy atom. The zero-order chi connectivity index (χ0) is 18.3. The summed E-state index contributed by atoms with van der Waals surface area (Å²) in [5.74, 6) is -0.782. The molecule has 4 rings (SSSR count). The van der Waals surface area contributed by atoms with Crippen LogP contribution in [0.3, 0.4) is 0 Å². The molecule has 1 amide bonds. The van der Waals surface area contributed by atoms with Crippen LogP contribution in [0.5, 0.6) is 0 Å². The van der Waals surface area contributed by atoms with E-state index < -0.39 is 5.91 Å². The van der Waals surface area contributed by atoms with Crippen LogP contribution in [0.4, 0.5) is 4.39 Å². The Balaban J connectivity index is 1.91. The van der Waals surface area contributed by atoms with Gasteiger partial charge in [-0.3, -0.25) is 9.78 Å². The van der Waals surface area contributed by atoms with Crippen molar-refractivity contribution in [2.75, 3.05) is 0 Å². The summed E-state index contributed by atoms with van der Waals surface area (Å²) >= 11 is 0. The van der Waals surface area contributed by atoms with Crippen LogP contribution in [0.2, 0.25) is 0 Å². The predicted molar refractivity (Wildman–Crippen MR) is 97.1 cm³/mol. The number of primary amides is 1. The lowest BCUT2D eigenvalue weighted by atomic mass is 9.98. The van der Waals surface area contributed by atoms with Crippen LogP contribution < -0.4 is 5.73 Å². The summed E-state index contributed by atoms with van der Waals surface area (Å²) < 4.78 is 15.2. The molecule has 26 heavy (non-hydrogen) atoms. The van der Waals surface area contributed by atoms with Gasteiger partial charge in [0.1, 0.15) is 5.82 Å². The minimum atomic E-state index is -0.530. The average molecular weight is 346 g/mol. The molecule has 6 heteroatoms. The smallest absolute Gasteiger partial charge is 0.252 e. The van der Waals surface area contributed by atoms with E-state index in [9.17, 15) is 9.18 Å². The van der Waals surface area contributed by atoms with Gasteiger partial charge in [0, 0.05) is 23.5 Å². The van der Waals surface area contributed by atoms with Crippen LogP contribution in [0.15, 0.2) is 61.1 Å². The SMILES string of the molecule is Cc1cc(-c2ncccc2-c2ccn3ncc(C(N)=O)c3c2)ccc1F. The van der Waals surface area contributed by atoms with E-state index in [2.05, 4.69) is 10.1 Å². The van der Waals surface area contributed by atoms with Gasteiger partial charge in [0.2, 0.25) is 0 Å². The van der Waals surface area contributed by atoms with E-state index in [4.69, 9.17) is 5.73 Å². The molecule has 0 spiro atoms. The van der Waals surface area contributed by atoms with E-state index in [0.717, 1.165) is 22.4 Å². The number of carbonyl (C=O) groups is 1. The van der Waals surface area contributed by atoms with Crippen molar-refractivity contribution in [3.05, 3.63) is 78.0 Å². The largest absolute Gasteiger partial charge is 0.365 e. The number of hydrogen-bond donors (Lipinski definition) is 1. The first-order valence-corrected chi connectivity index (χ1v) is 8.04. The van der Waals surface area contributed by atoms with Crippen LogP contribution in [0, 0.1) is 12.7 Å². The molecule has 0 fully saturated rings. The standard InChI is InChI=1S/C20H15FN4O/c1-12-9-14(4-5-17(12)21)19-15(3-2-7-23-19)13-6-8-25-18(10-13)16(11-24-25)20(22)26/h2-11H,1H3,(H2,22,26). The van der Waals surface area contributed by atoms with Crippen LogP contribution in [0.1, 0.15) is 15.9 Å². The number of nitrogens with two attached hydrogens (primary N) is 1. The van der Waals surface area contributed by atoms with Gasteiger partial charge in [-0.15, -0.1) is 0 Å². The number of benzene rings is 1. The number of aryl methyl sites for hydroxylation is 1. The number of pyridine rings is 2. The van der Waals surface area contributed by atoms with Crippen LogP contribution in [-0.2, 0) is 0 Å². The van der Waals surface area contributed by atoms with Crippen molar-refractivity contribution < 1.29 is 9.18 Å². The summed E-state index contributed by atoms with van der Waals surface area (Å²) in [6.45, 7) is 1.72. The molecular formula is C20H15FN4O. The molecule has 0 saturated heterocycles. The molecule has 5 nitrogen and oxygen atoms in total. The Morgan fingerprint density at radius 3 is 2.77 bits per heavy atom. The molecule has 3 aromatic heterocycles. The predicted octanol–water partition coefficient (Wildman–Crippen LogP) is 3.61. The van der Waals surface area contributed by atoms with Crippen molar-refractivity contribution in [3.8, 4) is 22.4 Å². The highest BCUT2D eigenvalue weighted by Crippen LogP contribution is 2.32. The molecule has 0 atom stereocenters. The number of nitrogens with zero attached hydrogens (tertiary/aromatic N) is 3. The van der Waals surface area contributed by atoms with Crippen molar-refractivity contribution in [3.63, 3.8) is 0 Å². The van der Waals surface area contributed by atoms with Gasteiger partial charge < -0.3 is 5.73 Å². The second-order valence-corrected chi connectivity index (χ2v) is 6.03. The highest BCUT2D eigenvalue weighted by atomic mass is 19.1. The summed E-state index contributed by atoms with van der Waals surface area (Å²) in [5.41, 5.74) is 10.3. The molecule has 0 aliphatic carbocycles. The number of aromatic nitrogens is 3. The first-order chi connectivity index (χ1) is 12.5. The molecule has 0 saturated carbocycles. The molecule has 0 unspecified atom stereocenters. The Bertz CT molecular complexity index is 1150. The number of fused-ring (bicyclic) bond motifs is 1. The fourth-order valence-electron chi connectivity index (χ4n) is 3.00. The second kappa shape index (κ2) is 6.07. The van der Waals surface area contributed by atoms with E-state index >= 15 is 0 Å². The maximum absolute atomic E-state index is 13.6. The molecule has 0 aliphatic heterocycles. The minimum absolute atomic E-state index is 0.252. The summed E-state index contributed by atoms with van der Waals surface area (Å²) in [6, 6.07) is 12.4. The van der Waals surface area contributed by atoms with Crippen molar-refractivity contribution in [2.24, 2.45) is 5.73 Å². The Labute approximate surface area is 148 Å². The number of amides is 1. The van der Waals surface area contributed by atoms with E-state index in [1.54, 1.807) is 36.0 Å². The third-order valence-electron chi connectivity index (χ3n) is 4.34. The van der Waals surface area contributed by atoms with Gasteiger partial charge in [0.15, 0.2) is 0 Å². The van der Waals surface area contributed by atoms with E-state index in [1.165, 1.54) is 12.3 Å². The summed E-state index contributed by atoms with van der Waals surface area (Å²) in [5, 5.41) is 4.14. The van der Waals surface area contributed by atoms with Crippen molar-refractivity contribution >= 4 is 11.4 Å². The van der Waals surface area contributed by atoms with Gasteiger partial charge >= 0.3 is 0 Å². The third kappa shape index (κ3) is 2.61. The fourth-order valence-corrected chi connectivity index (χ4v) is 3.00. The maximum Gasteiger partial charge on any atom is 0.252 e. The number of rotatable bonds is 3. The van der Waals surface area contributed by atoms with Crippen molar-refractivity contribution in [1.29, 1.82) is 0 Å². The Morgan fingerprint density at radius 1 is 1.15 bits per heavy atom. The summed E-state index contributed by atoms with van der Waals surface area (Å²) in [7, 11) is 0.